The van der Waals surface area contributed by atoms with E-state index in [0.29, 0.717) is 6.54 Å². The first kappa shape index (κ1) is 20.3. The van der Waals surface area contributed by atoms with E-state index in [4.69, 9.17) is 0 Å². The highest BCUT2D eigenvalue weighted by atomic mass is 32.2. The summed E-state index contributed by atoms with van der Waals surface area (Å²) in [5.41, 5.74) is 0.192. The van der Waals surface area contributed by atoms with E-state index in [1.165, 1.54) is 6.07 Å². The van der Waals surface area contributed by atoms with Gasteiger partial charge in [-0.15, -0.1) is 0 Å². The molecular weight excluding hydrogens is 376 g/mol. The first-order valence-electron chi connectivity index (χ1n) is 9.33. The van der Waals surface area contributed by atoms with Crippen molar-refractivity contribution in [1.82, 2.24) is 15.2 Å². The van der Waals surface area contributed by atoms with Crippen LogP contribution in [-0.4, -0.2) is 69.2 Å². The second kappa shape index (κ2) is 8.70. The van der Waals surface area contributed by atoms with Crippen LogP contribution >= 0.6 is 0 Å². The molecule has 1 aliphatic heterocycles. The fraction of sp³-hybridized carbons (Fsp3) is 0.400. The Balaban J connectivity index is 1.54. The average molecular weight is 403 g/mol. The molecule has 1 unspecified atom stereocenters. The van der Waals surface area contributed by atoms with E-state index in [2.05, 4.69) is 20.1 Å². The van der Waals surface area contributed by atoms with Crippen LogP contribution in [0.25, 0.3) is 0 Å². The standard InChI is InChI=1S/C20H26N4O3S/c1-16(22-20(25)17-7-3-4-8-18(17)28(2,26)27)15-23-11-13-24(14-12-23)19-9-5-6-10-21-19/h3-10,16H,11-15H2,1-2H3,(H,22,25). The van der Waals surface area contributed by atoms with Gasteiger partial charge in [0, 0.05) is 51.2 Å². The van der Waals surface area contributed by atoms with Gasteiger partial charge in [-0.05, 0) is 31.2 Å². The molecule has 0 saturated carbocycles. The van der Waals surface area contributed by atoms with Gasteiger partial charge in [-0.2, -0.15) is 0 Å². The molecule has 0 bridgehead atoms. The smallest absolute Gasteiger partial charge is 0.252 e. The number of carbonyl (C=O) groups excluding carboxylic acids is 1. The summed E-state index contributed by atoms with van der Waals surface area (Å²) in [5, 5.41) is 2.93. The Morgan fingerprint density at radius 1 is 1.11 bits per heavy atom. The van der Waals surface area contributed by atoms with Crippen molar-refractivity contribution in [3.05, 3.63) is 54.2 Å². The first-order chi connectivity index (χ1) is 13.3. The van der Waals surface area contributed by atoms with Gasteiger partial charge in [-0.1, -0.05) is 18.2 Å². The highest BCUT2D eigenvalue weighted by molar-refractivity contribution is 7.90. The van der Waals surface area contributed by atoms with Gasteiger partial charge in [0.2, 0.25) is 0 Å². The summed E-state index contributed by atoms with van der Waals surface area (Å²) in [6.07, 6.45) is 2.91. The molecule has 1 fully saturated rings. The van der Waals surface area contributed by atoms with Crippen LogP contribution < -0.4 is 10.2 Å². The number of pyridine rings is 1. The van der Waals surface area contributed by atoms with E-state index in [-0.39, 0.29) is 22.4 Å². The third kappa shape index (κ3) is 5.08. The summed E-state index contributed by atoms with van der Waals surface area (Å²) in [4.78, 5) is 21.6. The van der Waals surface area contributed by atoms with E-state index < -0.39 is 9.84 Å². The summed E-state index contributed by atoms with van der Waals surface area (Å²) in [7, 11) is -3.46. The fourth-order valence-electron chi connectivity index (χ4n) is 3.41. The van der Waals surface area contributed by atoms with Gasteiger partial charge in [-0.3, -0.25) is 9.69 Å². The van der Waals surface area contributed by atoms with Gasteiger partial charge in [0.05, 0.1) is 10.5 Å². The van der Waals surface area contributed by atoms with E-state index in [0.717, 1.165) is 38.3 Å². The van der Waals surface area contributed by atoms with Crippen molar-refractivity contribution in [3.63, 3.8) is 0 Å². The Bertz CT molecular complexity index is 910. The van der Waals surface area contributed by atoms with Gasteiger partial charge < -0.3 is 10.2 Å². The van der Waals surface area contributed by atoms with Gasteiger partial charge in [0.1, 0.15) is 5.82 Å². The first-order valence-corrected chi connectivity index (χ1v) is 11.2. The number of benzene rings is 1. The third-order valence-electron chi connectivity index (χ3n) is 4.79. The van der Waals surface area contributed by atoms with Crippen LogP contribution in [0.15, 0.2) is 53.6 Å². The molecule has 1 aromatic heterocycles. The molecule has 1 amide bonds. The molecule has 28 heavy (non-hydrogen) atoms. The van der Waals surface area contributed by atoms with E-state index in [9.17, 15) is 13.2 Å². The normalized spacial score (nSPS) is 16.6. The van der Waals surface area contributed by atoms with Crippen LogP contribution in [-0.2, 0) is 9.84 Å². The quantitative estimate of drug-likeness (QED) is 0.787. The predicted molar refractivity (Wildman–Crippen MR) is 109 cm³/mol. The van der Waals surface area contributed by atoms with Gasteiger partial charge in [0.15, 0.2) is 9.84 Å². The largest absolute Gasteiger partial charge is 0.354 e. The van der Waals surface area contributed by atoms with Crippen molar-refractivity contribution in [2.45, 2.75) is 17.9 Å². The number of aromatic nitrogens is 1. The highest BCUT2D eigenvalue weighted by Gasteiger charge is 2.22. The Labute approximate surface area is 166 Å². The lowest BCUT2D eigenvalue weighted by molar-refractivity contribution is 0.0924. The number of carbonyl (C=O) groups is 1. The van der Waals surface area contributed by atoms with Crippen molar-refractivity contribution in [2.75, 3.05) is 43.9 Å². The molecule has 8 heteroatoms. The van der Waals surface area contributed by atoms with Crippen LogP contribution in [0, 0.1) is 0 Å². The Morgan fingerprint density at radius 2 is 1.79 bits per heavy atom. The monoisotopic (exact) mass is 402 g/mol. The third-order valence-corrected chi connectivity index (χ3v) is 5.94. The van der Waals surface area contributed by atoms with Crippen LogP contribution in [0.2, 0.25) is 0 Å². The predicted octanol–water partition coefficient (Wildman–Crippen LogP) is 1.43. The second-order valence-corrected chi connectivity index (χ2v) is 9.10. The number of amides is 1. The molecule has 0 spiro atoms. The van der Waals surface area contributed by atoms with Crippen molar-refractivity contribution < 1.29 is 13.2 Å². The SMILES string of the molecule is CC(CN1CCN(c2ccccn2)CC1)NC(=O)c1ccccc1S(C)(=O)=O. The lowest BCUT2D eigenvalue weighted by Gasteiger charge is -2.36. The number of hydrogen-bond acceptors (Lipinski definition) is 6. The molecule has 0 radical (unpaired) electrons. The van der Waals surface area contributed by atoms with E-state index in [1.54, 1.807) is 24.4 Å². The topological polar surface area (TPSA) is 82.6 Å². The van der Waals surface area contributed by atoms with Crippen molar-refractivity contribution in [2.24, 2.45) is 0 Å². The highest BCUT2D eigenvalue weighted by Crippen LogP contribution is 2.16. The zero-order chi connectivity index (χ0) is 20.1. The van der Waals surface area contributed by atoms with E-state index >= 15 is 0 Å². The summed E-state index contributed by atoms with van der Waals surface area (Å²) < 4.78 is 23.8. The van der Waals surface area contributed by atoms with E-state index in [1.807, 2.05) is 25.1 Å². The summed E-state index contributed by atoms with van der Waals surface area (Å²) in [5.74, 6) is 0.626. The Hall–Kier alpha value is -2.45. The Morgan fingerprint density at radius 3 is 2.43 bits per heavy atom. The maximum atomic E-state index is 12.6. The number of sulfone groups is 1. The van der Waals surface area contributed by atoms with Crippen molar-refractivity contribution in [3.8, 4) is 0 Å². The summed E-state index contributed by atoms with van der Waals surface area (Å²) >= 11 is 0. The maximum Gasteiger partial charge on any atom is 0.252 e. The molecule has 7 nitrogen and oxygen atoms in total. The average Bonchev–Trinajstić information content (AvgIpc) is 2.68. The lowest BCUT2D eigenvalue weighted by Crippen LogP contribution is -2.51. The molecule has 1 aliphatic rings. The molecule has 2 aromatic rings. The molecule has 1 aromatic carbocycles. The molecule has 0 aliphatic carbocycles. The van der Waals surface area contributed by atoms with Gasteiger partial charge >= 0.3 is 0 Å². The van der Waals surface area contributed by atoms with Crippen LogP contribution in [0.5, 0.6) is 0 Å². The van der Waals surface area contributed by atoms with Gasteiger partial charge in [0.25, 0.3) is 5.91 Å². The molecule has 1 atom stereocenters. The molecular formula is C20H26N4O3S. The minimum absolute atomic E-state index is 0.0590. The van der Waals surface area contributed by atoms with Crippen LogP contribution in [0.1, 0.15) is 17.3 Å². The summed E-state index contributed by atoms with van der Waals surface area (Å²) in [6, 6.07) is 12.1. The number of rotatable bonds is 6. The van der Waals surface area contributed by atoms with Gasteiger partial charge in [-0.25, -0.2) is 13.4 Å². The number of nitrogens with zero attached hydrogens (tertiary/aromatic N) is 3. The zero-order valence-electron chi connectivity index (χ0n) is 16.2. The van der Waals surface area contributed by atoms with Crippen molar-refractivity contribution >= 4 is 21.6 Å². The van der Waals surface area contributed by atoms with Crippen molar-refractivity contribution in [1.29, 1.82) is 0 Å². The maximum absolute atomic E-state index is 12.6. The lowest BCUT2D eigenvalue weighted by atomic mass is 10.2. The molecule has 3 rings (SSSR count). The van der Waals surface area contributed by atoms with Crippen LogP contribution in [0.4, 0.5) is 5.82 Å². The number of hydrogen-bond donors (Lipinski definition) is 1. The zero-order valence-corrected chi connectivity index (χ0v) is 17.0. The molecule has 2 heterocycles. The fourth-order valence-corrected chi connectivity index (χ4v) is 4.30. The minimum Gasteiger partial charge on any atom is -0.354 e. The van der Waals surface area contributed by atoms with Crippen LogP contribution in [0.3, 0.4) is 0 Å². The molecule has 1 N–H and O–H groups in total. The summed E-state index contributed by atoms with van der Waals surface area (Å²) in [6.45, 7) is 6.19. The number of piperazine rings is 1. The molecule has 1 saturated heterocycles. The number of anilines is 1. The molecule has 150 valence electrons. The minimum atomic E-state index is -3.46. The number of nitrogens with one attached hydrogen (secondary N) is 1. The Kier molecular flexibility index (Phi) is 6.31. The second-order valence-electron chi connectivity index (χ2n) is 7.12.